The molecule has 1 aromatic carbocycles. The number of rotatable bonds is 2. The van der Waals surface area contributed by atoms with Crippen molar-refractivity contribution in [1.29, 1.82) is 5.26 Å². The van der Waals surface area contributed by atoms with E-state index in [1.54, 1.807) is 6.07 Å². The van der Waals surface area contributed by atoms with Gasteiger partial charge in [0.05, 0.1) is 5.57 Å². The summed E-state index contributed by atoms with van der Waals surface area (Å²) in [4.78, 5) is 4.34. The molecule has 3 nitrogen and oxygen atoms in total. The maximum Gasteiger partial charge on any atom is 0.134 e. The molecule has 0 saturated carbocycles. The molecule has 0 radical (unpaired) electrons. The summed E-state index contributed by atoms with van der Waals surface area (Å²) in [5.74, 6) is 0.806. The van der Waals surface area contributed by atoms with Crippen LogP contribution in [-0.2, 0) is 0 Å². The van der Waals surface area contributed by atoms with Crippen molar-refractivity contribution >= 4 is 34.6 Å². The molecule has 0 N–H and O–H groups in total. The molecule has 104 valence electrons. The van der Waals surface area contributed by atoms with Crippen LogP contribution >= 0.6 is 22.9 Å². The predicted molar refractivity (Wildman–Crippen MR) is 85.4 cm³/mol. The highest BCUT2D eigenvalue weighted by molar-refractivity contribution is 7.10. The van der Waals surface area contributed by atoms with E-state index in [0.29, 0.717) is 17.2 Å². The molecule has 0 atom stereocenters. The molecule has 0 aliphatic carbocycles. The maximum atomic E-state index is 9.32. The highest BCUT2D eigenvalue weighted by Crippen LogP contribution is 2.30. The van der Waals surface area contributed by atoms with E-state index in [4.69, 9.17) is 16.3 Å². The Balaban J connectivity index is 1.97. The molecule has 1 aliphatic rings. The van der Waals surface area contributed by atoms with Crippen molar-refractivity contribution in [2.75, 3.05) is 6.61 Å². The highest BCUT2D eigenvalue weighted by atomic mass is 35.5. The fourth-order valence-electron chi connectivity index (χ4n) is 2.05. The lowest BCUT2D eigenvalue weighted by molar-refractivity contribution is 0.351. The van der Waals surface area contributed by atoms with E-state index in [1.165, 1.54) is 11.3 Å². The SMILES string of the molecule is Cc1csc(C(C#N)=CC2=Cc3cc(Cl)ccc3OC2)n1. The van der Waals surface area contributed by atoms with Gasteiger partial charge in [0.25, 0.3) is 0 Å². The molecule has 2 aromatic rings. The van der Waals surface area contributed by atoms with Gasteiger partial charge in [-0.1, -0.05) is 11.6 Å². The van der Waals surface area contributed by atoms with Crippen molar-refractivity contribution in [3.8, 4) is 11.8 Å². The zero-order valence-corrected chi connectivity index (χ0v) is 12.8. The molecular weight excluding hydrogens is 304 g/mol. The number of fused-ring (bicyclic) bond motifs is 1. The number of benzene rings is 1. The Kier molecular flexibility index (Phi) is 3.78. The number of nitrogens with zero attached hydrogens (tertiary/aromatic N) is 2. The van der Waals surface area contributed by atoms with Gasteiger partial charge < -0.3 is 4.74 Å². The minimum Gasteiger partial charge on any atom is -0.488 e. The summed E-state index contributed by atoms with van der Waals surface area (Å²) in [6.45, 7) is 2.35. The second kappa shape index (κ2) is 5.72. The van der Waals surface area contributed by atoms with E-state index >= 15 is 0 Å². The molecule has 1 aromatic heterocycles. The average Bonchev–Trinajstić information content (AvgIpc) is 2.90. The predicted octanol–water partition coefficient (Wildman–Crippen LogP) is 4.49. The van der Waals surface area contributed by atoms with Gasteiger partial charge in [0, 0.05) is 21.7 Å². The van der Waals surface area contributed by atoms with Gasteiger partial charge in [0.15, 0.2) is 0 Å². The quantitative estimate of drug-likeness (QED) is 0.767. The molecule has 0 spiro atoms. The second-order valence-electron chi connectivity index (χ2n) is 4.65. The van der Waals surface area contributed by atoms with Crippen molar-refractivity contribution in [3.63, 3.8) is 0 Å². The molecule has 0 amide bonds. The van der Waals surface area contributed by atoms with Crippen LogP contribution in [0.1, 0.15) is 16.3 Å². The van der Waals surface area contributed by atoms with Gasteiger partial charge in [-0.05, 0) is 42.8 Å². The Morgan fingerprint density at radius 2 is 2.38 bits per heavy atom. The molecule has 0 bridgehead atoms. The lowest BCUT2D eigenvalue weighted by Gasteiger charge is -2.16. The van der Waals surface area contributed by atoms with Gasteiger partial charge in [-0.2, -0.15) is 5.26 Å². The van der Waals surface area contributed by atoms with E-state index in [9.17, 15) is 5.26 Å². The number of allylic oxidation sites excluding steroid dienone is 1. The molecule has 5 heteroatoms. The molecule has 2 heterocycles. The first-order chi connectivity index (χ1) is 10.2. The normalized spacial score (nSPS) is 14.0. The van der Waals surface area contributed by atoms with Crippen molar-refractivity contribution in [3.05, 3.63) is 56.5 Å². The fraction of sp³-hybridized carbons (Fsp3) is 0.125. The summed E-state index contributed by atoms with van der Waals surface area (Å²) in [6, 6.07) is 7.70. The zero-order valence-electron chi connectivity index (χ0n) is 11.3. The fourth-order valence-corrected chi connectivity index (χ4v) is 3.00. The molecule has 1 aliphatic heterocycles. The number of ether oxygens (including phenoxy) is 1. The average molecular weight is 315 g/mol. The van der Waals surface area contributed by atoms with E-state index in [-0.39, 0.29) is 0 Å². The number of thiazole rings is 1. The Morgan fingerprint density at radius 3 is 3.10 bits per heavy atom. The molecule has 0 unspecified atom stereocenters. The van der Waals surface area contributed by atoms with Gasteiger partial charge >= 0.3 is 0 Å². The van der Waals surface area contributed by atoms with Crippen LogP contribution in [0.15, 0.2) is 35.2 Å². The topological polar surface area (TPSA) is 45.9 Å². The molecule has 0 saturated heterocycles. The Hall–Kier alpha value is -2.09. The monoisotopic (exact) mass is 314 g/mol. The Morgan fingerprint density at radius 1 is 1.52 bits per heavy atom. The van der Waals surface area contributed by atoms with Crippen LogP contribution in [0.3, 0.4) is 0 Å². The van der Waals surface area contributed by atoms with Crippen LogP contribution in [0.25, 0.3) is 11.6 Å². The standard InChI is InChI=1S/C16H11ClN2OS/c1-10-9-21-16(19-10)13(7-18)5-11-4-12-6-14(17)2-3-15(12)20-8-11/h2-6,9H,8H2,1H3. The summed E-state index contributed by atoms with van der Waals surface area (Å²) < 4.78 is 5.68. The summed E-state index contributed by atoms with van der Waals surface area (Å²) in [5, 5.41) is 12.6. The first kappa shape index (κ1) is 13.9. The third-order valence-electron chi connectivity index (χ3n) is 3.01. The van der Waals surface area contributed by atoms with E-state index in [0.717, 1.165) is 27.6 Å². The third-order valence-corrected chi connectivity index (χ3v) is 4.24. The lowest BCUT2D eigenvalue weighted by Crippen LogP contribution is -2.06. The van der Waals surface area contributed by atoms with E-state index < -0.39 is 0 Å². The molecular formula is C16H11ClN2OS. The van der Waals surface area contributed by atoms with E-state index in [2.05, 4.69) is 11.1 Å². The minimum atomic E-state index is 0.435. The largest absolute Gasteiger partial charge is 0.488 e. The van der Waals surface area contributed by atoms with Crippen LogP contribution in [0.5, 0.6) is 5.75 Å². The summed E-state index contributed by atoms with van der Waals surface area (Å²) in [5.41, 5.74) is 3.32. The van der Waals surface area contributed by atoms with Gasteiger partial charge in [0.2, 0.25) is 0 Å². The van der Waals surface area contributed by atoms with Crippen LogP contribution in [0, 0.1) is 18.3 Å². The number of hydrogen-bond acceptors (Lipinski definition) is 4. The van der Waals surface area contributed by atoms with Gasteiger partial charge in [-0.15, -0.1) is 11.3 Å². The Labute approximate surface area is 131 Å². The maximum absolute atomic E-state index is 9.32. The minimum absolute atomic E-state index is 0.435. The third kappa shape index (κ3) is 2.99. The summed E-state index contributed by atoms with van der Waals surface area (Å²) in [6.07, 6.45) is 3.81. The van der Waals surface area contributed by atoms with Crippen molar-refractivity contribution in [1.82, 2.24) is 4.98 Å². The smallest absolute Gasteiger partial charge is 0.134 e. The van der Waals surface area contributed by atoms with Gasteiger partial charge in [0.1, 0.15) is 23.4 Å². The molecule has 0 fully saturated rings. The first-order valence-corrected chi connectivity index (χ1v) is 7.59. The number of hydrogen-bond donors (Lipinski definition) is 0. The number of aryl methyl sites for hydroxylation is 1. The molecule has 21 heavy (non-hydrogen) atoms. The van der Waals surface area contributed by atoms with Crippen LogP contribution in [0.4, 0.5) is 0 Å². The zero-order chi connectivity index (χ0) is 14.8. The summed E-state index contributed by atoms with van der Waals surface area (Å²) in [7, 11) is 0. The van der Waals surface area contributed by atoms with Crippen molar-refractivity contribution in [2.45, 2.75) is 6.92 Å². The van der Waals surface area contributed by atoms with Crippen LogP contribution in [0.2, 0.25) is 5.02 Å². The van der Waals surface area contributed by atoms with Crippen LogP contribution < -0.4 is 4.74 Å². The number of aromatic nitrogens is 1. The number of halogens is 1. The highest BCUT2D eigenvalue weighted by Gasteiger charge is 2.13. The van der Waals surface area contributed by atoms with Crippen molar-refractivity contribution in [2.24, 2.45) is 0 Å². The van der Waals surface area contributed by atoms with Crippen LogP contribution in [-0.4, -0.2) is 11.6 Å². The van der Waals surface area contributed by atoms with E-state index in [1.807, 2.05) is 36.6 Å². The lowest BCUT2D eigenvalue weighted by atomic mass is 10.1. The van der Waals surface area contributed by atoms with Gasteiger partial charge in [-0.25, -0.2) is 4.98 Å². The van der Waals surface area contributed by atoms with Gasteiger partial charge in [-0.3, -0.25) is 0 Å². The number of nitriles is 1. The summed E-state index contributed by atoms with van der Waals surface area (Å²) >= 11 is 7.46. The van der Waals surface area contributed by atoms with Crippen molar-refractivity contribution < 1.29 is 4.74 Å². The Bertz CT molecular complexity index is 799. The second-order valence-corrected chi connectivity index (χ2v) is 5.95. The first-order valence-electron chi connectivity index (χ1n) is 6.33. The molecule has 3 rings (SSSR count).